The first-order valence-corrected chi connectivity index (χ1v) is 7.32. The number of piperidine rings is 1. The van der Waals surface area contributed by atoms with Crippen LogP contribution >= 0.6 is 15.9 Å². The SMILES string of the molecule is CN[C@@H]1CCCN(C(=O)COc2ccc(Br)cc2)C1. The molecule has 0 saturated carbocycles. The zero-order valence-corrected chi connectivity index (χ0v) is 12.6. The van der Waals surface area contributed by atoms with Crippen LogP contribution in [-0.4, -0.2) is 43.6 Å². The maximum Gasteiger partial charge on any atom is 0.260 e. The van der Waals surface area contributed by atoms with Gasteiger partial charge in [0, 0.05) is 23.6 Å². The normalized spacial score (nSPS) is 19.3. The van der Waals surface area contributed by atoms with Crippen LogP contribution in [0.3, 0.4) is 0 Å². The lowest BCUT2D eigenvalue weighted by molar-refractivity contribution is -0.134. The third kappa shape index (κ3) is 4.21. The number of halogens is 1. The summed E-state index contributed by atoms with van der Waals surface area (Å²) in [5, 5.41) is 3.23. The fourth-order valence-corrected chi connectivity index (χ4v) is 2.47. The predicted octanol–water partition coefficient (Wildman–Crippen LogP) is 2.04. The first-order chi connectivity index (χ1) is 9.19. The Balaban J connectivity index is 1.82. The van der Waals surface area contributed by atoms with E-state index in [4.69, 9.17) is 4.74 Å². The van der Waals surface area contributed by atoms with E-state index < -0.39 is 0 Å². The Morgan fingerprint density at radius 2 is 2.21 bits per heavy atom. The second-order valence-corrected chi connectivity index (χ2v) is 5.63. The van der Waals surface area contributed by atoms with Gasteiger partial charge in [0.15, 0.2) is 6.61 Å². The van der Waals surface area contributed by atoms with E-state index in [9.17, 15) is 4.79 Å². The van der Waals surface area contributed by atoms with Gasteiger partial charge in [-0.05, 0) is 44.2 Å². The van der Waals surface area contributed by atoms with Crippen molar-refractivity contribution in [1.29, 1.82) is 0 Å². The van der Waals surface area contributed by atoms with Crippen molar-refractivity contribution in [3.63, 3.8) is 0 Å². The molecule has 1 aromatic carbocycles. The van der Waals surface area contributed by atoms with Gasteiger partial charge < -0.3 is 15.0 Å². The van der Waals surface area contributed by atoms with E-state index in [0.29, 0.717) is 6.04 Å². The topological polar surface area (TPSA) is 41.6 Å². The zero-order valence-electron chi connectivity index (χ0n) is 11.1. The van der Waals surface area contributed by atoms with Gasteiger partial charge in [0.25, 0.3) is 5.91 Å². The third-order valence-corrected chi connectivity index (χ3v) is 3.89. The van der Waals surface area contributed by atoms with E-state index in [-0.39, 0.29) is 12.5 Å². The highest BCUT2D eigenvalue weighted by molar-refractivity contribution is 9.10. The Bertz CT molecular complexity index is 422. The molecule has 1 fully saturated rings. The number of rotatable bonds is 4. The molecule has 1 aliphatic heterocycles. The van der Waals surface area contributed by atoms with Crippen molar-refractivity contribution in [2.45, 2.75) is 18.9 Å². The van der Waals surface area contributed by atoms with Crippen LogP contribution in [0.15, 0.2) is 28.7 Å². The van der Waals surface area contributed by atoms with Gasteiger partial charge in [-0.15, -0.1) is 0 Å². The summed E-state index contributed by atoms with van der Waals surface area (Å²) < 4.78 is 6.51. The number of likely N-dealkylation sites (N-methyl/N-ethyl adjacent to an activating group) is 1. The molecule has 1 saturated heterocycles. The Morgan fingerprint density at radius 3 is 2.89 bits per heavy atom. The monoisotopic (exact) mass is 326 g/mol. The average Bonchev–Trinajstić information content (AvgIpc) is 2.46. The van der Waals surface area contributed by atoms with Gasteiger partial charge in [-0.2, -0.15) is 0 Å². The van der Waals surface area contributed by atoms with Crippen molar-refractivity contribution in [2.75, 3.05) is 26.7 Å². The van der Waals surface area contributed by atoms with Crippen molar-refractivity contribution in [3.8, 4) is 5.75 Å². The molecule has 1 heterocycles. The van der Waals surface area contributed by atoms with Crippen LogP contribution in [0.5, 0.6) is 5.75 Å². The number of carbonyl (C=O) groups excluding carboxylic acids is 1. The van der Waals surface area contributed by atoms with Gasteiger partial charge in [0.1, 0.15) is 5.75 Å². The average molecular weight is 327 g/mol. The van der Waals surface area contributed by atoms with Crippen molar-refractivity contribution in [3.05, 3.63) is 28.7 Å². The largest absolute Gasteiger partial charge is 0.484 e. The number of carbonyl (C=O) groups is 1. The standard InChI is InChI=1S/C14H19BrN2O2/c1-16-12-3-2-8-17(9-12)14(18)10-19-13-6-4-11(15)5-7-13/h4-7,12,16H,2-3,8-10H2,1H3/t12-/m1/s1. The van der Waals surface area contributed by atoms with Crippen molar-refractivity contribution in [2.24, 2.45) is 0 Å². The number of benzene rings is 1. The minimum atomic E-state index is 0.0582. The minimum Gasteiger partial charge on any atom is -0.484 e. The van der Waals surface area contributed by atoms with Crippen LogP contribution in [0.25, 0.3) is 0 Å². The van der Waals surface area contributed by atoms with E-state index in [2.05, 4.69) is 21.2 Å². The van der Waals surface area contributed by atoms with E-state index in [1.54, 1.807) is 0 Å². The van der Waals surface area contributed by atoms with E-state index in [0.717, 1.165) is 36.2 Å². The number of nitrogens with one attached hydrogen (secondary N) is 1. The molecule has 1 aliphatic rings. The summed E-state index contributed by atoms with van der Waals surface area (Å²) in [6, 6.07) is 7.91. The first kappa shape index (κ1) is 14.3. The molecule has 0 radical (unpaired) electrons. The van der Waals surface area contributed by atoms with Gasteiger partial charge in [-0.25, -0.2) is 0 Å². The molecule has 0 bridgehead atoms. The molecule has 1 aromatic rings. The molecule has 0 aromatic heterocycles. The van der Waals surface area contributed by atoms with Crippen LogP contribution in [0.2, 0.25) is 0 Å². The molecule has 1 amide bonds. The lowest BCUT2D eigenvalue weighted by atomic mass is 10.1. The molecule has 0 aliphatic carbocycles. The number of hydrogen-bond acceptors (Lipinski definition) is 3. The minimum absolute atomic E-state index is 0.0582. The molecule has 0 unspecified atom stereocenters. The Labute approximate surface area is 122 Å². The van der Waals surface area contributed by atoms with Gasteiger partial charge in [-0.3, -0.25) is 4.79 Å². The van der Waals surface area contributed by atoms with E-state index >= 15 is 0 Å². The zero-order chi connectivity index (χ0) is 13.7. The molecular weight excluding hydrogens is 308 g/mol. The lowest BCUT2D eigenvalue weighted by Crippen LogP contribution is -2.48. The van der Waals surface area contributed by atoms with Crippen LogP contribution in [0.1, 0.15) is 12.8 Å². The molecule has 19 heavy (non-hydrogen) atoms. The summed E-state index contributed by atoms with van der Waals surface area (Å²) in [6.07, 6.45) is 2.18. The summed E-state index contributed by atoms with van der Waals surface area (Å²) in [4.78, 5) is 13.9. The molecule has 0 spiro atoms. The van der Waals surface area contributed by atoms with Gasteiger partial charge in [-0.1, -0.05) is 15.9 Å². The van der Waals surface area contributed by atoms with Crippen molar-refractivity contribution < 1.29 is 9.53 Å². The quantitative estimate of drug-likeness (QED) is 0.920. The fraction of sp³-hybridized carbons (Fsp3) is 0.500. The van der Waals surface area contributed by atoms with Crippen molar-refractivity contribution >= 4 is 21.8 Å². The first-order valence-electron chi connectivity index (χ1n) is 6.52. The summed E-state index contributed by atoms with van der Waals surface area (Å²) in [7, 11) is 1.94. The number of amides is 1. The van der Waals surface area contributed by atoms with Gasteiger partial charge in [0.05, 0.1) is 0 Å². The van der Waals surface area contributed by atoms with Crippen LogP contribution in [0.4, 0.5) is 0 Å². The summed E-state index contributed by atoms with van der Waals surface area (Å²) in [6.45, 7) is 1.72. The molecule has 1 atom stereocenters. The van der Waals surface area contributed by atoms with Gasteiger partial charge in [0.2, 0.25) is 0 Å². The maximum absolute atomic E-state index is 12.1. The van der Waals surface area contributed by atoms with Crippen LogP contribution in [0, 0.1) is 0 Å². The number of nitrogens with zero attached hydrogens (tertiary/aromatic N) is 1. The van der Waals surface area contributed by atoms with E-state index in [1.807, 2.05) is 36.2 Å². The highest BCUT2D eigenvalue weighted by Gasteiger charge is 2.22. The molecular formula is C14H19BrN2O2. The Hall–Kier alpha value is -1.07. The van der Waals surface area contributed by atoms with Crippen LogP contribution < -0.4 is 10.1 Å². The van der Waals surface area contributed by atoms with Gasteiger partial charge >= 0.3 is 0 Å². The predicted molar refractivity (Wildman–Crippen MR) is 78.3 cm³/mol. The third-order valence-electron chi connectivity index (χ3n) is 3.36. The lowest BCUT2D eigenvalue weighted by Gasteiger charge is -2.32. The maximum atomic E-state index is 12.1. The fourth-order valence-electron chi connectivity index (χ4n) is 2.21. The van der Waals surface area contributed by atoms with E-state index in [1.165, 1.54) is 0 Å². The highest BCUT2D eigenvalue weighted by atomic mass is 79.9. The molecule has 2 rings (SSSR count). The van der Waals surface area contributed by atoms with Crippen molar-refractivity contribution in [1.82, 2.24) is 10.2 Å². The molecule has 5 heteroatoms. The number of likely N-dealkylation sites (tertiary alicyclic amines) is 1. The molecule has 4 nitrogen and oxygen atoms in total. The summed E-state index contributed by atoms with van der Waals surface area (Å²) >= 11 is 3.36. The summed E-state index contributed by atoms with van der Waals surface area (Å²) in [5.41, 5.74) is 0. The second kappa shape index (κ2) is 6.91. The Kier molecular flexibility index (Phi) is 5.22. The molecule has 104 valence electrons. The summed E-state index contributed by atoms with van der Waals surface area (Å²) in [5.74, 6) is 0.779. The molecule has 1 N–H and O–H groups in total. The number of hydrogen-bond donors (Lipinski definition) is 1. The number of ether oxygens (including phenoxy) is 1. The second-order valence-electron chi connectivity index (χ2n) is 4.71. The smallest absolute Gasteiger partial charge is 0.260 e. The highest BCUT2D eigenvalue weighted by Crippen LogP contribution is 2.16. The Morgan fingerprint density at radius 1 is 1.47 bits per heavy atom. The van der Waals surface area contributed by atoms with Crippen LogP contribution in [-0.2, 0) is 4.79 Å².